The lowest BCUT2D eigenvalue weighted by molar-refractivity contribution is -0.137. The van der Waals surface area contributed by atoms with Gasteiger partial charge in [-0.25, -0.2) is 0 Å². The second-order valence-electron chi connectivity index (χ2n) is 7.43. The summed E-state index contributed by atoms with van der Waals surface area (Å²) in [6.07, 6.45) is 5.47. The van der Waals surface area contributed by atoms with Gasteiger partial charge in [-0.15, -0.1) is 0 Å². The van der Waals surface area contributed by atoms with Crippen LogP contribution in [0.4, 0.5) is 0 Å². The van der Waals surface area contributed by atoms with Crippen molar-refractivity contribution in [3.8, 4) is 17.1 Å². The molecule has 0 radical (unpaired) electrons. The van der Waals surface area contributed by atoms with Crippen molar-refractivity contribution in [2.75, 3.05) is 6.61 Å². The molecule has 0 bridgehead atoms. The quantitative estimate of drug-likeness (QED) is 0.409. The molecule has 30 heavy (non-hydrogen) atoms. The number of rotatable bonds is 7. The van der Waals surface area contributed by atoms with Gasteiger partial charge in [0.25, 0.3) is 5.91 Å². The Bertz CT molecular complexity index is 953. The van der Waals surface area contributed by atoms with Crippen LogP contribution in [0.5, 0.6) is 5.75 Å². The molecule has 3 aromatic rings. The number of aromatic nitrogens is 2. The molecule has 2 aromatic carbocycles. The number of hydrogen-bond donors (Lipinski definition) is 0. The molecule has 1 heterocycles. The SMILES string of the molecule is O=C(COc1ccc(I)cc1)N(Cc1nc(-c2ccccc2)no1)C1CCCCC1. The van der Waals surface area contributed by atoms with E-state index in [4.69, 9.17) is 9.26 Å². The summed E-state index contributed by atoms with van der Waals surface area (Å²) < 4.78 is 12.3. The fourth-order valence-corrected chi connectivity index (χ4v) is 4.10. The Morgan fingerprint density at radius 2 is 1.80 bits per heavy atom. The largest absolute Gasteiger partial charge is 0.484 e. The highest BCUT2D eigenvalue weighted by atomic mass is 127. The molecule has 6 nitrogen and oxygen atoms in total. The molecule has 0 aliphatic heterocycles. The van der Waals surface area contributed by atoms with Gasteiger partial charge in [-0.2, -0.15) is 4.98 Å². The third-order valence-electron chi connectivity index (χ3n) is 5.32. The lowest BCUT2D eigenvalue weighted by atomic mass is 9.94. The molecule has 1 aliphatic rings. The van der Waals surface area contributed by atoms with Crippen LogP contribution in [-0.4, -0.2) is 33.6 Å². The standard InChI is InChI=1S/C23H24IN3O3/c24-18-11-13-20(14-12-18)29-16-22(28)27(19-9-5-2-6-10-19)15-21-25-23(26-30-21)17-7-3-1-4-8-17/h1,3-4,7-8,11-14,19H,2,5-6,9-10,15-16H2. The van der Waals surface area contributed by atoms with Gasteiger partial charge in [-0.3, -0.25) is 4.79 Å². The summed E-state index contributed by atoms with van der Waals surface area (Å²) in [6.45, 7) is 0.302. The first-order valence-corrected chi connectivity index (χ1v) is 11.3. The Morgan fingerprint density at radius 1 is 1.07 bits per heavy atom. The number of benzene rings is 2. The summed E-state index contributed by atoms with van der Waals surface area (Å²) >= 11 is 2.24. The second kappa shape index (κ2) is 10.1. The van der Waals surface area contributed by atoms with Gasteiger partial charge in [-0.05, 0) is 59.7 Å². The van der Waals surface area contributed by atoms with Gasteiger partial charge in [0.2, 0.25) is 11.7 Å². The number of carbonyl (C=O) groups is 1. The number of carbonyl (C=O) groups excluding carboxylic acids is 1. The van der Waals surface area contributed by atoms with E-state index in [-0.39, 0.29) is 18.6 Å². The van der Waals surface area contributed by atoms with Crippen molar-refractivity contribution in [1.82, 2.24) is 15.0 Å². The molecule has 0 unspecified atom stereocenters. The van der Waals surface area contributed by atoms with Crippen LogP contribution in [0.25, 0.3) is 11.4 Å². The van der Waals surface area contributed by atoms with E-state index in [9.17, 15) is 4.79 Å². The molecular weight excluding hydrogens is 493 g/mol. The van der Waals surface area contributed by atoms with Crippen molar-refractivity contribution in [2.45, 2.75) is 44.7 Å². The minimum Gasteiger partial charge on any atom is -0.484 e. The lowest BCUT2D eigenvalue weighted by Gasteiger charge is -2.33. The van der Waals surface area contributed by atoms with Gasteiger partial charge in [0.15, 0.2) is 6.61 Å². The summed E-state index contributed by atoms with van der Waals surface area (Å²) in [7, 11) is 0. The third-order valence-corrected chi connectivity index (χ3v) is 6.04. The topological polar surface area (TPSA) is 68.5 Å². The second-order valence-corrected chi connectivity index (χ2v) is 8.68. The van der Waals surface area contributed by atoms with Gasteiger partial charge in [-0.1, -0.05) is 54.8 Å². The van der Waals surface area contributed by atoms with E-state index in [2.05, 4.69) is 32.7 Å². The highest BCUT2D eigenvalue weighted by Crippen LogP contribution is 2.25. The van der Waals surface area contributed by atoms with Crippen LogP contribution in [0, 0.1) is 3.57 Å². The molecule has 4 rings (SSSR count). The molecule has 1 fully saturated rings. The van der Waals surface area contributed by atoms with Crippen LogP contribution in [0.3, 0.4) is 0 Å². The number of halogens is 1. The van der Waals surface area contributed by atoms with Gasteiger partial charge in [0, 0.05) is 15.2 Å². The molecule has 1 amide bonds. The molecule has 0 N–H and O–H groups in total. The molecule has 1 aromatic heterocycles. The van der Waals surface area contributed by atoms with Crippen LogP contribution in [0.2, 0.25) is 0 Å². The number of amides is 1. The van der Waals surface area contributed by atoms with E-state index >= 15 is 0 Å². The highest BCUT2D eigenvalue weighted by molar-refractivity contribution is 14.1. The van der Waals surface area contributed by atoms with Crippen molar-refractivity contribution in [3.05, 3.63) is 64.1 Å². The fourth-order valence-electron chi connectivity index (χ4n) is 3.74. The predicted molar refractivity (Wildman–Crippen MR) is 122 cm³/mol. The van der Waals surface area contributed by atoms with E-state index in [0.717, 1.165) is 34.8 Å². The zero-order valence-electron chi connectivity index (χ0n) is 16.7. The average molecular weight is 517 g/mol. The summed E-state index contributed by atoms with van der Waals surface area (Å²) in [5.41, 5.74) is 0.894. The number of hydrogen-bond acceptors (Lipinski definition) is 5. The van der Waals surface area contributed by atoms with Crippen molar-refractivity contribution >= 4 is 28.5 Å². The molecular formula is C23H24IN3O3. The van der Waals surface area contributed by atoms with E-state index in [1.165, 1.54) is 6.42 Å². The maximum Gasteiger partial charge on any atom is 0.261 e. The molecule has 156 valence electrons. The van der Waals surface area contributed by atoms with Crippen LogP contribution in [0.1, 0.15) is 38.0 Å². The Balaban J connectivity index is 1.46. The maximum atomic E-state index is 13.1. The summed E-state index contributed by atoms with van der Waals surface area (Å²) in [5.74, 6) is 1.62. The van der Waals surface area contributed by atoms with Gasteiger partial charge < -0.3 is 14.2 Å². The summed E-state index contributed by atoms with van der Waals surface area (Å²) in [4.78, 5) is 19.4. The first-order valence-electron chi connectivity index (χ1n) is 10.2. The van der Waals surface area contributed by atoms with Crippen LogP contribution >= 0.6 is 22.6 Å². The lowest BCUT2D eigenvalue weighted by Crippen LogP contribution is -2.43. The Kier molecular flexibility index (Phi) is 6.99. The highest BCUT2D eigenvalue weighted by Gasteiger charge is 2.27. The van der Waals surface area contributed by atoms with Gasteiger partial charge >= 0.3 is 0 Å². The maximum absolute atomic E-state index is 13.1. The molecule has 1 aliphatic carbocycles. The zero-order valence-corrected chi connectivity index (χ0v) is 18.8. The van der Waals surface area contributed by atoms with E-state index < -0.39 is 0 Å². The third kappa shape index (κ3) is 5.38. The monoisotopic (exact) mass is 517 g/mol. The van der Waals surface area contributed by atoms with Crippen molar-refractivity contribution in [2.24, 2.45) is 0 Å². The normalized spacial score (nSPS) is 14.4. The molecule has 1 saturated carbocycles. The van der Waals surface area contributed by atoms with Crippen molar-refractivity contribution in [1.29, 1.82) is 0 Å². The summed E-state index contributed by atoms with van der Waals surface area (Å²) in [6, 6.07) is 17.6. The smallest absolute Gasteiger partial charge is 0.261 e. The van der Waals surface area contributed by atoms with Gasteiger partial charge in [0.1, 0.15) is 12.3 Å². The summed E-state index contributed by atoms with van der Waals surface area (Å²) in [5, 5.41) is 4.09. The Labute approximate surface area is 189 Å². The van der Waals surface area contributed by atoms with Gasteiger partial charge in [0.05, 0.1) is 0 Å². The first kappa shape index (κ1) is 20.8. The fraction of sp³-hybridized carbons (Fsp3) is 0.348. The number of nitrogens with zero attached hydrogens (tertiary/aromatic N) is 3. The Hall–Kier alpha value is -2.42. The minimum absolute atomic E-state index is 0.00320. The molecule has 0 atom stereocenters. The predicted octanol–water partition coefficient (Wildman–Crippen LogP) is 5.08. The van der Waals surface area contributed by atoms with Crippen LogP contribution in [-0.2, 0) is 11.3 Å². The Morgan fingerprint density at radius 3 is 2.53 bits per heavy atom. The van der Waals surface area contributed by atoms with Crippen LogP contribution < -0.4 is 4.74 Å². The van der Waals surface area contributed by atoms with E-state index in [1.807, 2.05) is 59.5 Å². The van der Waals surface area contributed by atoms with Crippen molar-refractivity contribution in [3.63, 3.8) is 0 Å². The van der Waals surface area contributed by atoms with E-state index in [1.54, 1.807) is 0 Å². The van der Waals surface area contributed by atoms with E-state index in [0.29, 0.717) is 24.0 Å². The minimum atomic E-state index is -0.0556. The molecule has 7 heteroatoms. The average Bonchev–Trinajstić information content (AvgIpc) is 3.27. The van der Waals surface area contributed by atoms with Crippen LogP contribution in [0.15, 0.2) is 59.1 Å². The molecule has 0 spiro atoms. The molecule has 0 saturated heterocycles. The van der Waals surface area contributed by atoms with Crippen molar-refractivity contribution < 1.29 is 14.1 Å². The number of ether oxygens (including phenoxy) is 1. The first-order chi connectivity index (χ1) is 14.7. The zero-order chi connectivity index (χ0) is 20.8.